The van der Waals surface area contributed by atoms with E-state index in [1.165, 1.54) is 18.4 Å². The van der Waals surface area contributed by atoms with Gasteiger partial charge in [0.05, 0.1) is 17.5 Å². The van der Waals surface area contributed by atoms with Gasteiger partial charge in [0, 0.05) is 33.8 Å². The van der Waals surface area contributed by atoms with Crippen LogP contribution < -0.4 is 10.6 Å². The van der Waals surface area contributed by atoms with Gasteiger partial charge in [0.25, 0.3) is 0 Å². The molecule has 1 atom stereocenters. The van der Waals surface area contributed by atoms with Crippen molar-refractivity contribution in [1.82, 2.24) is 14.9 Å². The van der Waals surface area contributed by atoms with Crippen LogP contribution in [-0.2, 0) is 21.3 Å². The summed E-state index contributed by atoms with van der Waals surface area (Å²) in [6, 6.07) is 6.84. The van der Waals surface area contributed by atoms with E-state index in [2.05, 4.69) is 29.5 Å². The van der Waals surface area contributed by atoms with Crippen molar-refractivity contribution in [2.45, 2.75) is 51.7 Å². The highest BCUT2D eigenvalue weighted by Crippen LogP contribution is 2.14. The molecule has 0 fully saturated rings. The minimum atomic E-state index is -3.40. The third kappa shape index (κ3) is 9.63. The molecule has 0 aliphatic heterocycles. The summed E-state index contributed by atoms with van der Waals surface area (Å²) in [6.45, 7) is 11.1. The van der Waals surface area contributed by atoms with E-state index in [0.29, 0.717) is 12.5 Å². The third-order valence-corrected chi connectivity index (χ3v) is 6.14. The molecule has 168 valence electrons. The van der Waals surface area contributed by atoms with Crippen LogP contribution in [0.4, 0.5) is 0 Å². The lowest BCUT2D eigenvalue weighted by atomic mass is 10.0. The second-order valence-corrected chi connectivity index (χ2v) is 9.23. The van der Waals surface area contributed by atoms with Gasteiger partial charge in [-0.05, 0) is 43.9 Å². The topological polar surface area (TPSA) is 83.0 Å². The molecule has 0 spiro atoms. The molecule has 7 nitrogen and oxygen atoms in total. The molecular formula is C20H37IN4O3S. The van der Waals surface area contributed by atoms with Gasteiger partial charge in [-0.25, -0.2) is 17.7 Å². The maximum atomic E-state index is 12.1. The summed E-state index contributed by atoms with van der Waals surface area (Å²) in [5.74, 6) is 1.21. The third-order valence-electron chi connectivity index (χ3n) is 4.31. The van der Waals surface area contributed by atoms with Gasteiger partial charge in [-0.2, -0.15) is 0 Å². The monoisotopic (exact) mass is 540 g/mol. The summed E-state index contributed by atoms with van der Waals surface area (Å²) in [7, 11) is -0.355. The number of halogens is 1. The van der Waals surface area contributed by atoms with Crippen LogP contribution in [-0.4, -0.2) is 58.6 Å². The van der Waals surface area contributed by atoms with Crippen molar-refractivity contribution >= 4 is 40.0 Å². The van der Waals surface area contributed by atoms with Crippen LogP contribution in [0.15, 0.2) is 34.2 Å². The van der Waals surface area contributed by atoms with Crippen molar-refractivity contribution in [3.63, 3.8) is 0 Å². The van der Waals surface area contributed by atoms with Crippen LogP contribution >= 0.6 is 24.0 Å². The molecule has 0 radical (unpaired) electrons. The Morgan fingerprint density at radius 1 is 1.14 bits per heavy atom. The molecule has 1 aromatic rings. The molecule has 29 heavy (non-hydrogen) atoms. The summed E-state index contributed by atoms with van der Waals surface area (Å²) in [5.41, 5.74) is 0.948. The molecule has 0 bridgehead atoms. The van der Waals surface area contributed by atoms with Crippen molar-refractivity contribution < 1.29 is 13.2 Å². The van der Waals surface area contributed by atoms with Gasteiger partial charge in [-0.1, -0.05) is 26.0 Å². The number of guanidine groups is 1. The van der Waals surface area contributed by atoms with E-state index >= 15 is 0 Å². The fraction of sp³-hybridized carbons (Fsp3) is 0.650. The van der Waals surface area contributed by atoms with E-state index < -0.39 is 10.0 Å². The zero-order chi connectivity index (χ0) is 21.2. The highest BCUT2D eigenvalue weighted by atomic mass is 127. The second-order valence-electron chi connectivity index (χ2n) is 7.08. The number of hydrogen-bond acceptors (Lipinski definition) is 4. The first-order chi connectivity index (χ1) is 13.2. The molecule has 1 unspecified atom stereocenters. The van der Waals surface area contributed by atoms with Gasteiger partial charge in [0.2, 0.25) is 10.0 Å². The zero-order valence-electron chi connectivity index (χ0n) is 18.4. The molecule has 9 heteroatoms. The number of nitrogens with one attached hydrogen (secondary N) is 2. The first-order valence-electron chi connectivity index (χ1n) is 9.87. The van der Waals surface area contributed by atoms with Gasteiger partial charge >= 0.3 is 0 Å². The number of rotatable bonds is 11. The highest BCUT2D eigenvalue weighted by molar-refractivity contribution is 14.0. The Hall–Kier alpha value is -0.910. The van der Waals surface area contributed by atoms with E-state index in [4.69, 9.17) is 4.74 Å². The average molecular weight is 541 g/mol. The fourth-order valence-electron chi connectivity index (χ4n) is 2.65. The maximum Gasteiger partial charge on any atom is 0.242 e. The maximum absolute atomic E-state index is 12.1. The Kier molecular flexibility index (Phi) is 13.7. The van der Waals surface area contributed by atoms with Crippen molar-refractivity contribution in [3.8, 4) is 0 Å². The summed E-state index contributed by atoms with van der Waals surface area (Å²) < 4.78 is 31.2. The smallest absolute Gasteiger partial charge is 0.242 e. The first kappa shape index (κ1) is 28.1. The van der Waals surface area contributed by atoms with E-state index in [9.17, 15) is 8.42 Å². The quantitative estimate of drug-likeness (QED) is 0.256. The van der Waals surface area contributed by atoms with Gasteiger partial charge in [-0.3, -0.25) is 0 Å². The van der Waals surface area contributed by atoms with Crippen molar-refractivity contribution in [2.24, 2.45) is 10.9 Å². The number of ether oxygens (including phenoxy) is 1. The SMILES string of the molecule is CCNC(=NCc1ccc(S(=O)(=O)N(C)C)cc1)NCCC(OCC)C(C)C.I. The van der Waals surface area contributed by atoms with Gasteiger partial charge in [0.1, 0.15) is 0 Å². The highest BCUT2D eigenvalue weighted by Gasteiger charge is 2.16. The van der Waals surface area contributed by atoms with Gasteiger partial charge in [-0.15, -0.1) is 24.0 Å². The van der Waals surface area contributed by atoms with Crippen LogP contribution in [0, 0.1) is 5.92 Å². The van der Waals surface area contributed by atoms with E-state index in [-0.39, 0.29) is 35.0 Å². The molecule has 0 amide bonds. The van der Waals surface area contributed by atoms with E-state index in [1.807, 2.05) is 13.8 Å². The summed E-state index contributed by atoms with van der Waals surface area (Å²) >= 11 is 0. The molecule has 0 aromatic heterocycles. The predicted octanol–water partition coefficient (Wildman–Crippen LogP) is 3.06. The van der Waals surface area contributed by atoms with Crippen molar-refractivity contribution in [2.75, 3.05) is 33.8 Å². The first-order valence-corrected chi connectivity index (χ1v) is 11.3. The normalized spacial score (nSPS) is 13.3. The molecule has 0 saturated heterocycles. The Morgan fingerprint density at radius 3 is 2.24 bits per heavy atom. The second kappa shape index (κ2) is 14.2. The lowest BCUT2D eigenvalue weighted by molar-refractivity contribution is 0.0258. The average Bonchev–Trinajstić information content (AvgIpc) is 2.65. The lowest BCUT2D eigenvalue weighted by Crippen LogP contribution is -2.39. The molecule has 1 aromatic carbocycles. The van der Waals surface area contributed by atoms with Gasteiger partial charge < -0.3 is 15.4 Å². The molecule has 0 saturated carbocycles. The summed E-state index contributed by atoms with van der Waals surface area (Å²) in [4.78, 5) is 4.88. The summed E-state index contributed by atoms with van der Waals surface area (Å²) in [6.07, 6.45) is 1.14. The Balaban J connectivity index is 0.00000784. The Morgan fingerprint density at radius 2 is 1.76 bits per heavy atom. The Labute approximate surface area is 193 Å². The van der Waals surface area contributed by atoms with Gasteiger partial charge in [0.15, 0.2) is 5.96 Å². The molecule has 1 rings (SSSR count). The van der Waals surface area contributed by atoms with Crippen LogP contribution in [0.3, 0.4) is 0 Å². The largest absolute Gasteiger partial charge is 0.378 e. The van der Waals surface area contributed by atoms with Crippen LogP contribution in [0.5, 0.6) is 0 Å². The molecular weight excluding hydrogens is 503 g/mol. The number of nitrogens with zero attached hydrogens (tertiary/aromatic N) is 2. The van der Waals surface area contributed by atoms with E-state index in [1.54, 1.807) is 24.3 Å². The minimum Gasteiger partial charge on any atom is -0.378 e. The summed E-state index contributed by atoms with van der Waals surface area (Å²) in [5, 5.41) is 6.58. The lowest BCUT2D eigenvalue weighted by Gasteiger charge is -2.21. The molecule has 0 aliphatic rings. The standard InChI is InChI=1S/C20H36N4O3S.HI/c1-7-21-20(22-14-13-19(16(3)4)27-8-2)23-15-17-9-11-18(12-10-17)28(25,26)24(5)6;/h9-12,16,19H,7-8,13-15H2,1-6H3,(H2,21,22,23);1H. The van der Waals surface area contributed by atoms with Crippen molar-refractivity contribution in [3.05, 3.63) is 29.8 Å². The minimum absolute atomic E-state index is 0. The van der Waals surface area contributed by atoms with Crippen LogP contribution in [0.1, 0.15) is 39.7 Å². The van der Waals surface area contributed by atoms with Crippen LogP contribution in [0.2, 0.25) is 0 Å². The predicted molar refractivity (Wildman–Crippen MR) is 130 cm³/mol. The number of aliphatic imine (C=N–C) groups is 1. The van der Waals surface area contributed by atoms with Crippen molar-refractivity contribution in [1.29, 1.82) is 0 Å². The number of sulfonamides is 1. The molecule has 2 N–H and O–H groups in total. The number of benzene rings is 1. The zero-order valence-corrected chi connectivity index (χ0v) is 21.6. The Bertz CT molecular complexity index is 707. The number of hydrogen-bond donors (Lipinski definition) is 2. The fourth-order valence-corrected chi connectivity index (χ4v) is 3.55. The molecule has 0 heterocycles. The van der Waals surface area contributed by atoms with E-state index in [0.717, 1.165) is 37.6 Å². The van der Waals surface area contributed by atoms with Crippen LogP contribution in [0.25, 0.3) is 0 Å². The molecule has 0 aliphatic carbocycles.